The van der Waals surface area contributed by atoms with Gasteiger partial charge in [0.2, 0.25) is 0 Å². The SMILES string of the molecule is COCOc1noc2cc(CCBr)ccc12. The largest absolute Gasteiger partial charge is 0.448 e. The van der Waals surface area contributed by atoms with E-state index in [-0.39, 0.29) is 6.79 Å². The van der Waals surface area contributed by atoms with Gasteiger partial charge in [-0.1, -0.05) is 22.0 Å². The molecule has 0 saturated heterocycles. The summed E-state index contributed by atoms with van der Waals surface area (Å²) in [6, 6.07) is 5.97. The average Bonchev–Trinajstić information content (AvgIpc) is 2.69. The number of fused-ring (bicyclic) bond motifs is 1. The third-order valence-corrected chi connectivity index (χ3v) is 2.60. The zero-order chi connectivity index (χ0) is 11.4. The molecule has 1 aromatic carbocycles. The van der Waals surface area contributed by atoms with Gasteiger partial charge in [-0.05, 0) is 29.3 Å². The molecule has 0 aliphatic carbocycles. The summed E-state index contributed by atoms with van der Waals surface area (Å²) >= 11 is 3.40. The fourth-order valence-electron chi connectivity index (χ4n) is 1.44. The Morgan fingerprint density at radius 2 is 2.31 bits per heavy atom. The quantitative estimate of drug-likeness (QED) is 0.626. The molecule has 0 aliphatic rings. The van der Waals surface area contributed by atoms with Crippen LogP contribution < -0.4 is 4.74 Å². The fraction of sp³-hybridized carbons (Fsp3) is 0.364. The van der Waals surface area contributed by atoms with Gasteiger partial charge in [-0.25, -0.2) is 0 Å². The van der Waals surface area contributed by atoms with Crippen LogP contribution in [0.1, 0.15) is 5.56 Å². The predicted molar refractivity (Wildman–Crippen MR) is 64.0 cm³/mol. The van der Waals surface area contributed by atoms with Crippen molar-refractivity contribution in [2.24, 2.45) is 0 Å². The van der Waals surface area contributed by atoms with Crippen LogP contribution >= 0.6 is 15.9 Å². The van der Waals surface area contributed by atoms with Gasteiger partial charge in [-0.2, -0.15) is 0 Å². The van der Waals surface area contributed by atoms with Crippen LogP contribution in [0.3, 0.4) is 0 Å². The second-order valence-electron chi connectivity index (χ2n) is 3.31. The van der Waals surface area contributed by atoms with Gasteiger partial charge in [0.25, 0.3) is 5.88 Å². The number of rotatable bonds is 5. The first-order valence-corrected chi connectivity index (χ1v) is 6.03. The van der Waals surface area contributed by atoms with Gasteiger partial charge >= 0.3 is 0 Å². The third kappa shape index (κ3) is 2.36. The van der Waals surface area contributed by atoms with Crippen LogP contribution in [0.2, 0.25) is 0 Å². The van der Waals surface area contributed by atoms with E-state index in [1.165, 1.54) is 5.56 Å². The van der Waals surface area contributed by atoms with E-state index in [1.807, 2.05) is 18.2 Å². The molecule has 0 unspecified atom stereocenters. The van der Waals surface area contributed by atoms with Gasteiger partial charge in [-0.3, -0.25) is 0 Å². The normalized spacial score (nSPS) is 10.9. The maximum Gasteiger partial charge on any atom is 0.264 e. The number of hydrogen-bond donors (Lipinski definition) is 0. The second-order valence-corrected chi connectivity index (χ2v) is 4.10. The van der Waals surface area contributed by atoms with Gasteiger partial charge in [0, 0.05) is 12.4 Å². The van der Waals surface area contributed by atoms with Crippen molar-refractivity contribution in [3.8, 4) is 5.88 Å². The summed E-state index contributed by atoms with van der Waals surface area (Å²) in [4.78, 5) is 0. The van der Waals surface area contributed by atoms with E-state index in [9.17, 15) is 0 Å². The highest BCUT2D eigenvalue weighted by Crippen LogP contribution is 2.25. The van der Waals surface area contributed by atoms with Crippen LogP contribution in [-0.4, -0.2) is 24.4 Å². The molecule has 1 heterocycles. The Kier molecular flexibility index (Phi) is 3.79. The molecular formula is C11H12BrNO3. The van der Waals surface area contributed by atoms with E-state index in [0.717, 1.165) is 22.7 Å². The van der Waals surface area contributed by atoms with Gasteiger partial charge in [0.1, 0.15) is 0 Å². The van der Waals surface area contributed by atoms with Gasteiger partial charge in [-0.15, -0.1) is 0 Å². The summed E-state index contributed by atoms with van der Waals surface area (Å²) in [5, 5.41) is 5.65. The van der Waals surface area contributed by atoms with Crippen LogP contribution in [0.4, 0.5) is 0 Å². The van der Waals surface area contributed by atoms with E-state index >= 15 is 0 Å². The molecule has 0 fully saturated rings. The molecule has 0 saturated carbocycles. The Bertz CT molecular complexity index is 469. The highest BCUT2D eigenvalue weighted by molar-refractivity contribution is 9.09. The maximum atomic E-state index is 5.27. The zero-order valence-electron chi connectivity index (χ0n) is 8.90. The minimum atomic E-state index is 0.171. The molecule has 2 rings (SSSR count). The van der Waals surface area contributed by atoms with Crippen molar-refractivity contribution in [1.29, 1.82) is 0 Å². The number of hydrogen-bond acceptors (Lipinski definition) is 4. The molecule has 0 radical (unpaired) electrons. The van der Waals surface area contributed by atoms with Crippen molar-refractivity contribution >= 4 is 26.9 Å². The van der Waals surface area contributed by atoms with Crippen LogP contribution in [-0.2, 0) is 11.2 Å². The monoisotopic (exact) mass is 285 g/mol. The minimum Gasteiger partial charge on any atom is -0.448 e. The molecule has 0 spiro atoms. The molecule has 1 aromatic heterocycles. The van der Waals surface area contributed by atoms with Crippen molar-refractivity contribution in [3.05, 3.63) is 23.8 Å². The molecule has 86 valence electrons. The number of nitrogens with zero attached hydrogens (tertiary/aromatic N) is 1. The summed E-state index contributed by atoms with van der Waals surface area (Å²) < 4.78 is 15.3. The molecule has 4 nitrogen and oxygen atoms in total. The first-order chi connectivity index (χ1) is 7.85. The molecule has 5 heteroatoms. The summed E-state index contributed by atoms with van der Waals surface area (Å²) in [6.07, 6.45) is 0.963. The van der Waals surface area contributed by atoms with Gasteiger partial charge in [0.15, 0.2) is 12.4 Å². The third-order valence-electron chi connectivity index (χ3n) is 2.20. The lowest BCUT2D eigenvalue weighted by molar-refractivity contribution is 0.0463. The number of ether oxygens (including phenoxy) is 2. The average molecular weight is 286 g/mol. The highest BCUT2D eigenvalue weighted by atomic mass is 79.9. The number of halogens is 1. The summed E-state index contributed by atoms with van der Waals surface area (Å²) in [7, 11) is 1.57. The Morgan fingerprint density at radius 1 is 1.44 bits per heavy atom. The summed E-state index contributed by atoms with van der Waals surface area (Å²) in [5.41, 5.74) is 1.95. The molecule has 0 bridgehead atoms. The maximum absolute atomic E-state index is 5.27. The molecule has 0 aliphatic heterocycles. The molecular weight excluding hydrogens is 274 g/mol. The predicted octanol–water partition coefficient (Wildman–Crippen LogP) is 2.75. The molecule has 16 heavy (non-hydrogen) atoms. The van der Waals surface area contributed by atoms with E-state index in [1.54, 1.807) is 7.11 Å². The standard InChI is InChI=1S/C11H12BrNO3/c1-14-7-15-11-9-3-2-8(4-5-12)6-10(9)16-13-11/h2-3,6H,4-5,7H2,1H3. The zero-order valence-corrected chi connectivity index (χ0v) is 10.5. The Morgan fingerprint density at radius 3 is 3.06 bits per heavy atom. The molecule has 0 atom stereocenters. The van der Waals surface area contributed by atoms with Crippen molar-refractivity contribution in [1.82, 2.24) is 5.16 Å². The van der Waals surface area contributed by atoms with Gasteiger partial charge in [0.05, 0.1) is 5.39 Å². The van der Waals surface area contributed by atoms with Crippen LogP contribution in [0.15, 0.2) is 22.7 Å². The number of alkyl halides is 1. The minimum absolute atomic E-state index is 0.171. The first-order valence-electron chi connectivity index (χ1n) is 4.91. The van der Waals surface area contributed by atoms with E-state index in [0.29, 0.717) is 5.88 Å². The van der Waals surface area contributed by atoms with Crippen molar-refractivity contribution in [2.75, 3.05) is 19.2 Å². The van der Waals surface area contributed by atoms with E-state index < -0.39 is 0 Å². The lowest BCUT2D eigenvalue weighted by Gasteiger charge is -2.00. The molecule has 2 aromatic rings. The highest BCUT2D eigenvalue weighted by Gasteiger charge is 2.09. The van der Waals surface area contributed by atoms with Crippen LogP contribution in [0, 0.1) is 0 Å². The van der Waals surface area contributed by atoms with Gasteiger partial charge < -0.3 is 14.0 Å². The van der Waals surface area contributed by atoms with Crippen LogP contribution in [0.25, 0.3) is 11.0 Å². The Balaban J connectivity index is 2.27. The van der Waals surface area contributed by atoms with Crippen molar-refractivity contribution < 1.29 is 14.0 Å². The number of aromatic nitrogens is 1. The Hall–Kier alpha value is -1.07. The topological polar surface area (TPSA) is 44.5 Å². The van der Waals surface area contributed by atoms with Crippen molar-refractivity contribution in [3.63, 3.8) is 0 Å². The van der Waals surface area contributed by atoms with Crippen LogP contribution in [0.5, 0.6) is 5.88 Å². The Labute approximate surface area is 102 Å². The summed E-state index contributed by atoms with van der Waals surface area (Å²) in [5.74, 6) is 0.474. The number of aryl methyl sites for hydroxylation is 1. The van der Waals surface area contributed by atoms with E-state index in [2.05, 4.69) is 21.1 Å². The molecule has 0 amide bonds. The van der Waals surface area contributed by atoms with Crippen molar-refractivity contribution in [2.45, 2.75) is 6.42 Å². The number of benzene rings is 1. The lowest BCUT2D eigenvalue weighted by atomic mass is 10.1. The summed E-state index contributed by atoms with van der Waals surface area (Å²) in [6.45, 7) is 0.171. The second kappa shape index (κ2) is 5.32. The lowest BCUT2D eigenvalue weighted by Crippen LogP contribution is -1.98. The smallest absolute Gasteiger partial charge is 0.264 e. The first kappa shape index (κ1) is 11.4. The fourth-order valence-corrected chi connectivity index (χ4v) is 1.90. The van der Waals surface area contributed by atoms with E-state index in [4.69, 9.17) is 14.0 Å². The molecule has 0 N–H and O–H groups in total. The number of methoxy groups -OCH3 is 1.